The molecule has 0 radical (unpaired) electrons. The van der Waals surface area contributed by atoms with Crippen LogP contribution in [0.3, 0.4) is 0 Å². The number of hydrogen-bond donors (Lipinski definition) is 1. The SMILES string of the molecule is Cc1ccc(C2(CNC(=O)c3cccc(Cl)c3Cl)CCC(F)(F)CC2)cn1. The zero-order valence-electron chi connectivity index (χ0n) is 14.9. The Bertz CT molecular complexity index is 830. The predicted molar refractivity (Wildman–Crippen MR) is 103 cm³/mol. The smallest absolute Gasteiger partial charge is 0.252 e. The van der Waals surface area contributed by atoms with Crippen LogP contribution in [0.15, 0.2) is 36.5 Å². The van der Waals surface area contributed by atoms with Crippen LogP contribution in [-0.2, 0) is 5.41 Å². The second-order valence-corrected chi connectivity index (χ2v) is 7.89. The number of alkyl halides is 2. The first-order valence-electron chi connectivity index (χ1n) is 8.76. The summed E-state index contributed by atoms with van der Waals surface area (Å²) in [7, 11) is 0. The highest BCUT2D eigenvalue weighted by Gasteiger charge is 2.44. The molecule has 0 atom stereocenters. The zero-order chi connectivity index (χ0) is 19.7. The molecule has 144 valence electrons. The Balaban J connectivity index is 1.83. The van der Waals surface area contributed by atoms with Gasteiger partial charge in [-0.2, -0.15) is 0 Å². The Labute approximate surface area is 167 Å². The molecule has 1 aliphatic rings. The van der Waals surface area contributed by atoms with Crippen LogP contribution >= 0.6 is 23.2 Å². The van der Waals surface area contributed by atoms with Crippen molar-refractivity contribution < 1.29 is 13.6 Å². The van der Waals surface area contributed by atoms with Crippen molar-refractivity contribution in [2.24, 2.45) is 0 Å². The number of carbonyl (C=O) groups excluding carboxylic acids is 1. The molecule has 2 aromatic rings. The predicted octanol–water partition coefficient (Wildman–Crippen LogP) is 5.57. The van der Waals surface area contributed by atoms with E-state index < -0.39 is 11.3 Å². The highest BCUT2D eigenvalue weighted by atomic mass is 35.5. The van der Waals surface area contributed by atoms with Gasteiger partial charge in [0.2, 0.25) is 5.92 Å². The van der Waals surface area contributed by atoms with Crippen molar-refractivity contribution in [3.63, 3.8) is 0 Å². The molecule has 1 fully saturated rings. The van der Waals surface area contributed by atoms with Crippen molar-refractivity contribution in [1.29, 1.82) is 0 Å². The van der Waals surface area contributed by atoms with Gasteiger partial charge in [-0.3, -0.25) is 9.78 Å². The number of nitrogens with one attached hydrogen (secondary N) is 1. The third-order valence-corrected chi connectivity index (χ3v) is 6.06. The van der Waals surface area contributed by atoms with E-state index >= 15 is 0 Å². The fourth-order valence-electron chi connectivity index (χ4n) is 3.47. The van der Waals surface area contributed by atoms with Gasteiger partial charge < -0.3 is 5.32 Å². The molecule has 0 saturated heterocycles. The van der Waals surface area contributed by atoms with Gasteiger partial charge in [0.25, 0.3) is 5.91 Å². The minimum atomic E-state index is -2.66. The summed E-state index contributed by atoms with van der Waals surface area (Å²) in [6.45, 7) is 2.10. The number of amides is 1. The first-order chi connectivity index (χ1) is 12.7. The number of carbonyl (C=O) groups is 1. The Hall–Kier alpha value is -1.72. The van der Waals surface area contributed by atoms with Crippen molar-refractivity contribution in [2.75, 3.05) is 6.54 Å². The van der Waals surface area contributed by atoms with Crippen molar-refractivity contribution in [3.8, 4) is 0 Å². The molecule has 27 heavy (non-hydrogen) atoms. The second-order valence-electron chi connectivity index (χ2n) is 7.11. The maximum Gasteiger partial charge on any atom is 0.252 e. The molecule has 0 bridgehead atoms. The standard InChI is InChI=1S/C20H20Cl2F2N2O/c1-13-5-6-14(11-25-13)19(7-9-20(23,24)10-8-19)12-26-18(27)15-3-2-4-16(21)17(15)22/h2-6,11H,7-10,12H2,1H3,(H,26,27). The molecule has 1 N–H and O–H groups in total. The van der Waals surface area contributed by atoms with Crippen LogP contribution in [0.5, 0.6) is 0 Å². The molecular formula is C20H20Cl2F2N2O. The molecule has 0 spiro atoms. The van der Waals surface area contributed by atoms with Crippen LogP contribution in [0, 0.1) is 6.92 Å². The van der Waals surface area contributed by atoms with E-state index in [1.54, 1.807) is 24.4 Å². The Kier molecular flexibility index (Phi) is 5.73. The van der Waals surface area contributed by atoms with Gasteiger partial charge in [0.1, 0.15) is 0 Å². The number of rotatable bonds is 4. The van der Waals surface area contributed by atoms with Crippen molar-refractivity contribution in [1.82, 2.24) is 10.3 Å². The first-order valence-corrected chi connectivity index (χ1v) is 9.51. The molecule has 3 nitrogen and oxygen atoms in total. The van der Waals surface area contributed by atoms with Crippen LogP contribution in [-0.4, -0.2) is 23.4 Å². The topological polar surface area (TPSA) is 42.0 Å². The number of aromatic nitrogens is 1. The molecular weight excluding hydrogens is 393 g/mol. The third-order valence-electron chi connectivity index (χ3n) is 5.25. The van der Waals surface area contributed by atoms with Gasteiger partial charge in [-0.1, -0.05) is 35.3 Å². The van der Waals surface area contributed by atoms with Gasteiger partial charge >= 0.3 is 0 Å². The maximum atomic E-state index is 13.8. The van der Waals surface area contributed by atoms with E-state index in [9.17, 15) is 13.6 Å². The van der Waals surface area contributed by atoms with Gasteiger partial charge in [-0.25, -0.2) is 8.78 Å². The van der Waals surface area contributed by atoms with E-state index in [0.29, 0.717) is 5.02 Å². The lowest BCUT2D eigenvalue weighted by Crippen LogP contribution is -2.45. The second kappa shape index (κ2) is 7.72. The highest BCUT2D eigenvalue weighted by molar-refractivity contribution is 6.43. The van der Waals surface area contributed by atoms with E-state index in [1.165, 1.54) is 0 Å². The average molecular weight is 413 g/mol. The summed E-state index contributed by atoms with van der Waals surface area (Å²) in [6, 6.07) is 8.59. The number of nitrogens with zero attached hydrogens (tertiary/aromatic N) is 1. The summed E-state index contributed by atoms with van der Waals surface area (Å²) in [6.07, 6.45) is 1.84. The Morgan fingerprint density at radius 1 is 1.15 bits per heavy atom. The minimum absolute atomic E-state index is 0.179. The fourth-order valence-corrected chi connectivity index (χ4v) is 3.85. The number of pyridine rings is 1. The largest absolute Gasteiger partial charge is 0.351 e. The van der Waals surface area contributed by atoms with E-state index in [-0.39, 0.29) is 48.7 Å². The molecule has 1 saturated carbocycles. The zero-order valence-corrected chi connectivity index (χ0v) is 16.4. The molecule has 7 heteroatoms. The number of hydrogen-bond acceptors (Lipinski definition) is 2. The molecule has 1 heterocycles. The fraction of sp³-hybridized carbons (Fsp3) is 0.400. The Morgan fingerprint density at radius 3 is 2.48 bits per heavy atom. The summed E-state index contributed by atoms with van der Waals surface area (Å²) >= 11 is 12.1. The Morgan fingerprint density at radius 2 is 1.85 bits per heavy atom. The monoisotopic (exact) mass is 412 g/mol. The molecule has 0 aliphatic heterocycles. The van der Waals surface area contributed by atoms with Crippen LogP contribution in [0.25, 0.3) is 0 Å². The average Bonchev–Trinajstić information content (AvgIpc) is 2.64. The summed E-state index contributed by atoms with van der Waals surface area (Å²) in [5.74, 6) is -3.04. The number of halogens is 4. The number of aryl methyl sites for hydroxylation is 1. The van der Waals surface area contributed by atoms with Crippen LogP contribution < -0.4 is 5.32 Å². The molecule has 1 aliphatic carbocycles. The van der Waals surface area contributed by atoms with Gasteiger partial charge in [-0.15, -0.1) is 0 Å². The van der Waals surface area contributed by atoms with E-state index in [1.807, 2.05) is 19.1 Å². The minimum Gasteiger partial charge on any atom is -0.351 e. The molecule has 3 rings (SSSR count). The first kappa shape index (κ1) is 20.0. The summed E-state index contributed by atoms with van der Waals surface area (Å²) < 4.78 is 27.5. The quantitative estimate of drug-likeness (QED) is 0.712. The van der Waals surface area contributed by atoms with Crippen molar-refractivity contribution in [3.05, 3.63) is 63.4 Å². The number of benzene rings is 1. The van der Waals surface area contributed by atoms with Crippen LogP contribution in [0.1, 0.15) is 47.3 Å². The summed E-state index contributed by atoms with van der Waals surface area (Å²) in [5, 5.41) is 3.33. The van der Waals surface area contributed by atoms with Crippen molar-refractivity contribution >= 4 is 29.1 Å². The highest BCUT2D eigenvalue weighted by Crippen LogP contribution is 2.45. The molecule has 0 unspecified atom stereocenters. The normalized spacial score (nSPS) is 18.1. The van der Waals surface area contributed by atoms with Crippen LogP contribution in [0.2, 0.25) is 10.0 Å². The molecule has 1 aromatic carbocycles. The molecule has 1 amide bonds. The summed E-state index contributed by atoms with van der Waals surface area (Å²) in [4.78, 5) is 16.9. The van der Waals surface area contributed by atoms with Gasteiger partial charge in [0.05, 0.1) is 15.6 Å². The lowest BCUT2D eigenvalue weighted by molar-refractivity contribution is -0.0516. The van der Waals surface area contributed by atoms with Gasteiger partial charge in [-0.05, 0) is 43.5 Å². The lowest BCUT2D eigenvalue weighted by atomic mass is 9.68. The van der Waals surface area contributed by atoms with Gasteiger partial charge in [0.15, 0.2) is 0 Å². The lowest BCUT2D eigenvalue weighted by Gasteiger charge is -2.40. The maximum absolute atomic E-state index is 13.8. The van der Waals surface area contributed by atoms with Crippen LogP contribution in [0.4, 0.5) is 8.78 Å². The third kappa shape index (κ3) is 4.41. The molecule has 1 aromatic heterocycles. The van der Waals surface area contributed by atoms with Gasteiger partial charge in [0, 0.05) is 36.7 Å². The van der Waals surface area contributed by atoms with E-state index in [4.69, 9.17) is 23.2 Å². The van der Waals surface area contributed by atoms with E-state index in [0.717, 1.165) is 11.3 Å². The van der Waals surface area contributed by atoms with Crippen molar-refractivity contribution in [2.45, 2.75) is 43.9 Å². The summed E-state index contributed by atoms with van der Waals surface area (Å²) in [5.41, 5.74) is 1.40. The van der Waals surface area contributed by atoms with E-state index in [2.05, 4.69) is 10.3 Å².